The van der Waals surface area contributed by atoms with Gasteiger partial charge in [0, 0.05) is 19.1 Å². The topological polar surface area (TPSA) is 41.6 Å². The molecule has 0 radical (unpaired) electrons. The van der Waals surface area contributed by atoms with Crippen LogP contribution in [0.3, 0.4) is 0 Å². The number of ether oxygens (including phenoxy) is 1. The molecule has 2 bridgehead atoms. The maximum atomic E-state index is 12.3. The average molecular weight is 280 g/mol. The van der Waals surface area contributed by atoms with E-state index in [-0.39, 0.29) is 11.3 Å². The van der Waals surface area contributed by atoms with Crippen molar-refractivity contribution in [3.8, 4) is 0 Å². The highest BCUT2D eigenvalue weighted by Crippen LogP contribution is 2.65. The number of fused-ring (bicyclic) bond motifs is 2. The van der Waals surface area contributed by atoms with Crippen LogP contribution in [-0.2, 0) is 9.53 Å². The Bertz CT molecular complexity index is 390. The first kappa shape index (κ1) is 14.3. The molecule has 3 atom stereocenters. The Kier molecular flexibility index (Phi) is 3.57. The van der Waals surface area contributed by atoms with E-state index in [1.165, 1.54) is 19.3 Å². The highest BCUT2D eigenvalue weighted by atomic mass is 16.5. The fourth-order valence-electron chi connectivity index (χ4n) is 4.62. The van der Waals surface area contributed by atoms with Crippen LogP contribution in [0.1, 0.15) is 40.0 Å². The van der Waals surface area contributed by atoms with Gasteiger partial charge in [0.25, 0.3) is 0 Å². The van der Waals surface area contributed by atoms with Crippen molar-refractivity contribution in [3.63, 3.8) is 0 Å². The van der Waals surface area contributed by atoms with Crippen LogP contribution in [0, 0.1) is 16.7 Å². The van der Waals surface area contributed by atoms with Crippen LogP contribution in [0.15, 0.2) is 0 Å². The van der Waals surface area contributed by atoms with Crippen LogP contribution in [0.2, 0.25) is 0 Å². The van der Waals surface area contributed by atoms with Crippen molar-refractivity contribution in [2.75, 3.05) is 32.8 Å². The summed E-state index contributed by atoms with van der Waals surface area (Å²) in [5.74, 6) is 0.975. The smallest absolute Gasteiger partial charge is 0.234 e. The van der Waals surface area contributed by atoms with E-state index in [1.54, 1.807) is 0 Å². The molecule has 0 aromatic rings. The molecule has 0 aromatic heterocycles. The number of hydrogen-bond donors (Lipinski definition) is 1. The zero-order chi connectivity index (χ0) is 14.4. The molecule has 3 fully saturated rings. The number of rotatable bonds is 3. The minimum absolute atomic E-state index is 0.196. The molecule has 1 heterocycles. The summed E-state index contributed by atoms with van der Waals surface area (Å²) in [6, 6.07) is 0.366. The van der Waals surface area contributed by atoms with Crippen molar-refractivity contribution in [2.24, 2.45) is 16.7 Å². The van der Waals surface area contributed by atoms with Crippen molar-refractivity contribution in [1.82, 2.24) is 10.2 Å². The largest absolute Gasteiger partial charge is 0.379 e. The van der Waals surface area contributed by atoms with Crippen LogP contribution < -0.4 is 5.32 Å². The average Bonchev–Trinajstić information content (AvgIpc) is 2.73. The Morgan fingerprint density at radius 2 is 2.00 bits per heavy atom. The van der Waals surface area contributed by atoms with Gasteiger partial charge in [0.1, 0.15) is 0 Å². The first-order valence-electron chi connectivity index (χ1n) is 8.03. The first-order valence-corrected chi connectivity index (χ1v) is 8.03. The van der Waals surface area contributed by atoms with E-state index < -0.39 is 0 Å². The van der Waals surface area contributed by atoms with E-state index in [4.69, 9.17) is 4.74 Å². The fraction of sp³-hybridized carbons (Fsp3) is 0.938. The zero-order valence-corrected chi connectivity index (χ0v) is 13.1. The molecule has 114 valence electrons. The molecule has 3 aliphatic rings. The zero-order valence-electron chi connectivity index (χ0n) is 13.1. The van der Waals surface area contributed by atoms with E-state index >= 15 is 0 Å². The lowest BCUT2D eigenvalue weighted by Gasteiger charge is -2.39. The molecule has 1 N–H and O–H groups in total. The summed E-state index contributed by atoms with van der Waals surface area (Å²) >= 11 is 0. The first-order chi connectivity index (χ1) is 9.43. The maximum absolute atomic E-state index is 12.3. The van der Waals surface area contributed by atoms with Gasteiger partial charge in [-0.1, -0.05) is 20.8 Å². The van der Waals surface area contributed by atoms with E-state index in [9.17, 15) is 4.79 Å². The quantitative estimate of drug-likeness (QED) is 0.854. The molecule has 1 saturated heterocycles. The predicted octanol–water partition coefficient (Wildman–Crippen LogP) is 1.65. The van der Waals surface area contributed by atoms with Crippen molar-refractivity contribution < 1.29 is 9.53 Å². The number of carbonyl (C=O) groups excluding carboxylic acids is 1. The Morgan fingerprint density at radius 1 is 1.30 bits per heavy atom. The van der Waals surface area contributed by atoms with Crippen LogP contribution in [0.25, 0.3) is 0 Å². The molecule has 4 nitrogen and oxygen atoms in total. The third-order valence-corrected chi connectivity index (χ3v) is 6.60. The van der Waals surface area contributed by atoms with Gasteiger partial charge in [0.05, 0.1) is 19.8 Å². The highest BCUT2D eigenvalue weighted by Gasteiger charge is 2.61. The van der Waals surface area contributed by atoms with Crippen molar-refractivity contribution >= 4 is 5.91 Å². The summed E-state index contributed by atoms with van der Waals surface area (Å²) in [5, 5.41) is 3.33. The van der Waals surface area contributed by atoms with E-state index in [1.807, 2.05) is 0 Å². The van der Waals surface area contributed by atoms with Gasteiger partial charge in [-0.3, -0.25) is 9.69 Å². The molecular weight excluding hydrogens is 252 g/mol. The van der Waals surface area contributed by atoms with Gasteiger partial charge in [0.2, 0.25) is 5.91 Å². The van der Waals surface area contributed by atoms with Crippen LogP contribution in [0.4, 0.5) is 0 Å². The van der Waals surface area contributed by atoms with Crippen molar-refractivity contribution in [3.05, 3.63) is 0 Å². The van der Waals surface area contributed by atoms with Gasteiger partial charge in [0.15, 0.2) is 0 Å². The molecular formula is C16H28N2O2. The monoisotopic (exact) mass is 280 g/mol. The fourth-order valence-corrected chi connectivity index (χ4v) is 4.62. The van der Waals surface area contributed by atoms with Gasteiger partial charge >= 0.3 is 0 Å². The summed E-state index contributed by atoms with van der Waals surface area (Å²) in [5.41, 5.74) is 0.641. The highest BCUT2D eigenvalue weighted by molar-refractivity contribution is 5.78. The molecule has 3 rings (SSSR count). The van der Waals surface area contributed by atoms with Crippen LogP contribution in [0.5, 0.6) is 0 Å². The molecule has 1 aliphatic heterocycles. The molecule has 20 heavy (non-hydrogen) atoms. The second kappa shape index (κ2) is 4.99. The Labute approximate surface area is 122 Å². The third-order valence-electron chi connectivity index (χ3n) is 6.60. The van der Waals surface area contributed by atoms with Gasteiger partial charge in [-0.25, -0.2) is 0 Å². The summed E-state index contributed by atoms with van der Waals surface area (Å²) in [7, 11) is 0. The summed E-state index contributed by atoms with van der Waals surface area (Å²) in [6.45, 7) is 10.9. The molecule has 4 heteroatoms. The van der Waals surface area contributed by atoms with E-state index in [0.29, 0.717) is 18.0 Å². The lowest BCUT2D eigenvalue weighted by atomic mass is 9.69. The number of hydrogen-bond acceptors (Lipinski definition) is 3. The van der Waals surface area contributed by atoms with Gasteiger partial charge < -0.3 is 10.1 Å². The standard InChI is InChI=1S/C16H28N2O2/c1-15(2)12-4-5-16(15,3)13(10-12)17-14(19)11-18-6-8-20-9-7-18/h12-13H,4-11H2,1-3H3,(H,17,19)/t12-,13-,16+/m1/s1. The Balaban J connectivity index is 1.57. The number of morpholine rings is 1. The molecule has 0 aromatic carbocycles. The number of nitrogens with one attached hydrogen (secondary N) is 1. The van der Waals surface area contributed by atoms with Crippen LogP contribution >= 0.6 is 0 Å². The maximum Gasteiger partial charge on any atom is 0.234 e. The third kappa shape index (κ3) is 2.17. The number of carbonyl (C=O) groups is 1. The lowest BCUT2D eigenvalue weighted by molar-refractivity contribution is -0.125. The molecule has 0 spiro atoms. The summed E-state index contributed by atoms with van der Waals surface area (Å²) < 4.78 is 5.32. The minimum atomic E-state index is 0.196. The summed E-state index contributed by atoms with van der Waals surface area (Å²) in [6.07, 6.45) is 3.75. The summed E-state index contributed by atoms with van der Waals surface area (Å²) in [4.78, 5) is 14.5. The van der Waals surface area contributed by atoms with Gasteiger partial charge in [-0.05, 0) is 36.0 Å². The Hall–Kier alpha value is -0.610. The number of amides is 1. The molecule has 2 saturated carbocycles. The van der Waals surface area contributed by atoms with E-state index in [2.05, 4.69) is 31.0 Å². The van der Waals surface area contributed by atoms with Gasteiger partial charge in [-0.15, -0.1) is 0 Å². The molecule has 1 amide bonds. The van der Waals surface area contributed by atoms with Crippen molar-refractivity contribution in [2.45, 2.75) is 46.1 Å². The van der Waals surface area contributed by atoms with Gasteiger partial charge in [-0.2, -0.15) is 0 Å². The second-order valence-corrected chi connectivity index (χ2v) is 7.62. The lowest BCUT2D eigenvalue weighted by Crippen LogP contribution is -2.50. The Morgan fingerprint density at radius 3 is 2.55 bits per heavy atom. The number of nitrogens with zero attached hydrogens (tertiary/aromatic N) is 1. The normalized spacial score (nSPS) is 40.0. The second-order valence-electron chi connectivity index (χ2n) is 7.62. The van der Waals surface area contributed by atoms with Crippen molar-refractivity contribution in [1.29, 1.82) is 0 Å². The van der Waals surface area contributed by atoms with Crippen LogP contribution in [-0.4, -0.2) is 49.7 Å². The predicted molar refractivity (Wildman–Crippen MR) is 78.4 cm³/mol. The molecule has 0 unspecified atom stereocenters. The molecule has 2 aliphatic carbocycles. The minimum Gasteiger partial charge on any atom is -0.379 e. The van der Waals surface area contributed by atoms with E-state index in [0.717, 1.165) is 32.2 Å². The SMILES string of the molecule is CC1(C)[C@@H]2CC[C@@]1(C)[C@H](NC(=O)CN1CCOCC1)C2.